The summed E-state index contributed by atoms with van der Waals surface area (Å²) in [7, 11) is -10.6. The Morgan fingerprint density at radius 2 is 1.00 bits per heavy atom. The molecule has 0 aromatic carbocycles. The third kappa shape index (κ3) is 3.00. The van der Waals surface area contributed by atoms with Gasteiger partial charge in [0.15, 0.2) is 0 Å². The maximum atomic E-state index is 10.2. The molecular weight excluding hydrogens is 216 g/mol. The van der Waals surface area contributed by atoms with Crippen molar-refractivity contribution in [3.05, 3.63) is 0 Å². The SMILES string of the molecule is O=S(=O)(O)[C@@H]([O-])[C@H]([O-])S(=O)(=O)O. The summed E-state index contributed by atoms with van der Waals surface area (Å²) in [5.74, 6) is 0. The maximum absolute atomic E-state index is 10.2. The summed E-state index contributed by atoms with van der Waals surface area (Å²) in [4.78, 5) is 0. The van der Waals surface area contributed by atoms with Gasteiger partial charge in [-0.3, -0.25) is 9.11 Å². The summed E-state index contributed by atoms with van der Waals surface area (Å²) in [6.45, 7) is 0. The summed E-state index contributed by atoms with van der Waals surface area (Å²) >= 11 is 0. The van der Waals surface area contributed by atoms with Gasteiger partial charge in [-0.15, -0.1) is 0 Å². The first-order valence-corrected chi connectivity index (χ1v) is 5.31. The van der Waals surface area contributed by atoms with E-state index >= 15 is 0 Å². The fraction of sp³-hybridized carbons (Fsp3) is 1.00. The van der Waals surface area contributed by atoms with Crippen molar-refractivity contribution in [3.8, 4) is 0 Å². The van der Waals surface area contributed by atoms with Crippen molar-refractivity contribution in [1.82, 2.24) is 0 Å². The molecule has 10 heteroatoms. The first kappa shape index (κ1) is 11.7. The van der Waals surface area contributed by atoms with E-state index in [2.05, 4.69) is 0 Å². The molecule has 2 atom stereocenters. The zero-order chi connectivity index (χ0) is 10.2. The molecule has 0 unspecified atom stereocenters. The molecule has 0 aromatic heterocycles. The number of rotatable bonds is 3. The van der Waals surface area contributed by atoms with Gasteiger partial charge in [0.2, 0.25) is 0 Å². The van der Waals surface area contributed by atoms with Gasteiger partial charge in [0.1, 0.15) is 0 Å². The molecule has 0 saturated carbocycles. The lowest BCUT2D eigenvalue weighted by Crippen LogP contribution is -2.55. The molecule has 12 heavy (non-hydrogen) atoms. The van der Waals surface area contributed by atoms with Gasteiger partial charge in [-0.25, -0.2) is 16.8 Å². The van der Waals surface area contributed by atoms with Crippen LogP contribution in [0.2, 0.25) is 0 Å². The highest BCUT2D eigenvalue weighted by Gasteiger charge is 2.22. The molecule has 0 amide bonds. The van der Waals surface area contributed by atoms with Crippen molar-refractivity contribution in [2.24, 2.45) is 0 Å². The van der Waals surface area contributed by atoms with Crippen LogP contribution in [0.5, 0.6) is 0 Å². The van der Waals surface area contributed by atoms with Crippen LogP contribution in [0.3, 0.4) is 0 Å². The summed E-state index contributed by atoms with van der Waals surface area (Å²) in [6, 6.07) is 0. The second-order valence-electron chi connectivity index (χ2n) is 1.77. The van der Waals surface area contributed by atoms with Gasteiger partial charge in [0.05, 0.1) is 0 Å². The van der Waals surface area contributed by atoms with E-state index in [4.69, 9.17) is 9.11 Å². The predicted molar refractivity (Wildman–Crippen MR) is 30.7 cm³/mol. The Morgan fingerprint density at radius 1 is 0.833 bits per heavy atom. The van der Waals surface area contributed by atoms with Crippen LogP contribution in [0.1, 0.15) is 0 Å². The minimum atomic E-state index is -5.29. The standard InChI is InChI=1S/C2H4O8S2/c3-1(11(5,6)7)2(4)12(8,9)10/h1-2H,(H,5,6,7)(H,8,9,10)/q-2/t1-,2-/m1/s1. The van der Waals surface area contributed by atoms with E-state index in [1.807, 2.05) is 0 Å². The highest BCUT2D eigenvalue weighted by atomic mass is 32.2. The first-order chi connectivity index (χ1) is 5.07. The summed E-state index contributed by atoms with van der Waals surface area (Å²) in [6.07, 6.45) is 0. The molecule has 0 fully saturated rings. The van der Waals surface area contributed by atoms with E-state index in [1.165, 1.54) is 0 Å². The topological polar surface area (TPSA) is 155 Å². The van der Waals surface area contributed by atoms with Crippen LogP contribution in [0.4, 0.5) is 0 Å². The van der Waals surface area contributed by atoms with E-state index in [0.717, 1.165) is 0 Å². The van der Waals surface area contributed by atoms with Gasteiger partial charge in [0, 0.05) is 10.9 Å². The van der Waals surface area contributed by atoms with Crippen LogP contribution in [0.25, 0.3) is 0 Å². The van der Waals surface area contributed by atoms with Gasteiger partial charge in [-0.1, -0.05) is 0 Å². The quantitative estimate of drug-likeness (QED) is 0.457. The van der Waals surface area contributed by atoms with E-state index < -0.39 is 31.1 Å². The lowest BCUT2D eigenvalue weighted by atomic mass is 10.8. The summed E-state index contributed by atoms with van der Waals surface area (Å²) in [5.41, 5.74) is -6.68. The van der Waals surface area contributed by atoms with Crippen LogP contribution in [0.15, 0.2) is 0 Å². The minimum absolute atomic E-state index is 3.34. The Balaban J connectivity index is 4.89. The lowest BCUT2D eigenvalue weighted by Gasteiger charge is -2.30. The molecule has 0 aliphatic heterocycles. The molecule has 0 heterocycles. The third-order valence-corrected chi connectivity index (χ3v) is 2.65. The molecule has 8 nitrogen and oxygen atoms in total. The van der Waals surface area contributed by atoms with Gasteiger partial charge in [-0.05, 0) is 0 Å². The van der Waals surface area contributed by atoms with E-state index in [0.29, 0.717) is 0 Å². The van der Waals surface area contributed by atoms with Crippen LogP contribution in [-0.4, -0.2) is 36.8 Å². The summed E-state index contributed by atoms with van der Waals surface area (Å²) in [5, 5.41) is 20.4. The van der Waals surface area contributed by atoms with Crippen molar-refractivity contribution in [3.63, 3.8) is 0 Å². The van der Waals surface area contributed by atoms with E-state index in [9.17, 15) is 27.0 Å². The van der Waals surface area contributed by atoms with Crippen LogP contribution in [-0.2, 0) is 20.2 Å². The van der Waals surface area contributed by atoms with E-state index in [1.54, 1.807) is 0 Å². The van der Waals surface area contributed by atoms with Gasteiger partial charge in [-0.2, -0.15) is 0 Å². The highest BCUT2D eigenvalue weighted by molar-refractivity contribution is 7.90. The molecule has 74 valence electrons. The molecule has 0 saturated heterocycles. The Bertz CT molecular complexity index is 299. The normalized spacial score (nSPS) is 18.7. The predicted octanol–water partition coefficient (Wildman–Crippen LogP) is -3.87. The number of hydrogen-bond donors (Lipinski definition) is 2. The number of hydrogen-bond acceptors (Lipinski definition) is 6. The second-order valence-corrected chi connectivity index (χ2v) is 4.76. The zero-order valence-electron chi connectivity index (χ0n) is 5.32. The Kier molecular flexibility index (Phi) is 3.17. The van der Waals surface area contributed by atoms with Gasteiger partial charge in [0.25, 0.3) is 20.2 Å². The van der Waals surface area contributed by atoms with Crippen molar-refractivity contribution in [1.29, 1.82) is 0 Å². The Hall–Kier alpha value is -0.260. The van der Waals surface area contributed by atoms with Crippen molar-refractivity contribution in [2.45, 2.75) is 10.9 Å². The maximum Gasteiger partial charge on any atom is 0.252 e. The second kappa shape index (κ2) is 3.24. The largest absolute Gasteiger partial charge is 0.839 e. The smallest absolute Gasteiger partial charge is 0.252 e. The van der Waals surface area contributed by atoms with Crippen molar-refractivity contribution < 1.29 is 36.2 Å². The molecule has 0 bridgehead atoms. The Labute approximate surface area is 67.9 Å². The fourth-order valence-electron chi connectivity index (χ4n) is 0.281. The van der Waals surface area contributed by atoms with Crippen LogP contribution >= 0.6 is 0 Å². The van der Waals surface area contributed by atoms with Gasteiger partial charge >= 0.3 is 0 Å². The zero-order valence-corrected chi connectivity index (χ0v) is 6.95. The lowest BCUT2D eigenvalue weighted by molar-refractivity contribution is -0.486. The average molecular weight is 220 g/mol. The molecule has 0 rings (SSSR count). The molecule has 0 aliphatic rings. The van der Waals surface area contributed by atoms with E-state index in [-0.39, 0.29) is 0 Å². The molecule has 2 N–H and O–H groups in total. The van der Waals surface area contributed by atoms with Crippen LogP contribution in [0, 0.1) is 0 Å². The average Bonchev–Trinajstić information content (AvgIpc) is 1.80. The third-order valence-electron chi connectivity index (χ3n) is 0.809. The molecule has 0 spiro atoms. The highest BCUT2D eigenvalue weighted by Crippen LogP contribution is 2.00. The minimum Gasteiger partial charge on any atom is -0.839 e. The summed E-state index contributed by atoms with van der Waals surface area (Å²) < 4.78 is 55.4. The monoisotopic (exact) mass is 220 g/mol. The molecule has 0 aliphatic carbocycles. The molecule has 0 aromatic rings. The van der Waals surface area contributed by atoms with Crippen LogP contribution < -0.4 is 10.2 Å². The fourth-order valence-corrected chi connectivity index (χ4v) is 1.68. The first-order valence-electron chi connectivity index (χ1n) is 2.31. The molecular formula is C2H4O8S2-2. The molecule has 0 radical (unpaired) electrons. The van der Waals surface area contributed by atoms with Gasteiger partial charge < -0.3 is 10.2 Å². The Morgan fingerprint density at radius 3 is 1.08 bits per heavy atom. The van der Waals surface area contributed by atoms with Crippen molar-refractivity contribution in [2.75, 3.05) is 0 Å². The van der Waals surface area contributed by atoms with Crippen molar-refractivity contribution >= 4 is 20.2 Å².